The SMILES string of the molecule is CC[C@@H]1CN2c3c(c(=O)n(C)c4ccc(C#N)nc34)OC[C@@H]2CN1[C@@H](CC)c1ccc(C)cc1. The van der Waals surface area contributed by atoms with Crippen molar-refractivity contribution >= 4 is 16.7 Å². The number of aromatic nitrogens is 2. The van der Waals surface area contributed by atoms with Crippen LogP contribution >= 0.6 is 0 Å². The molecule has 7 heteroatoms. The lowest BCUT2D eigenvalue weighted by atomic mass is 9.94. The molecule has 0 spiro atoms. The Kier molecular flexibility index (Phi) is 5.78. The molecule has 2 aromatic heterocycles. The van der Waals surface area contributed by atoms with Crippen molar-refractivity contribution in [3.05, 3.63) is 63.6 Å². The van der Waals surface area contributed by atoms with Gasteiger partial charge in [0.15, 0.2) is 0 Å². The highest BCUT2D eigenvalue weighted by Gasteiger charge is 2.41. The number of nitrogens with zero attached hydrogens (tertiary/aromatic N) is 5. The zero-order valence-electron chi connectivity index (χ0n) is 20.3. The molecule has 2 aliphatic rings. The molecule has 34 heavy (non-hydrogen) atoms. The lowest BCUT2D eigenvalue weighted by Crippen LogP contribution is -2.62. The van der Waals surface area contributed by atoms with E-state index in [0.29, 0.717) is 41.2 Å². The summed E-state index contributed by atoms with van der Waals surface area (Å²) in [5, 5.41) is 9.45. The van der Waals surface area contributed by atoms with Gasteiger partial charge in [0.25, 0.3) is 5.56 Å². The van der Waals surface area contributed by atoms with E-state index in [2.05, 4.69) is 65.9 Å². The number of hydrogen-bond acceptors (Lipinski definition) is 6. The molecule has 0 saturated carbocycles. The van der Waals surface area contributed by atoms with Crippen LogP contribution in [0.3, 0.4) is 0 Å². The monoisotopic (exact) mass is 457 g/mol. The lowest BCUT2D eigenvalue weighted by molar-refractivity contribution is 0.0720. The Morgan fingerprint density at radius 3 is 2.62 bits per heavy atom. The molecule has 176 valence electrons. The molecule has 1 fully saturated rings. The quantitative estimate of drug-likeness (QED) is 0.591. The Bertz CT molecular complexity index is 1320. The molecule has 0 N–H and O–H groups in total. The largest absolute Gasteiger partial charge is 0.484 e. The van der Waals surface area contributed by atoms with Crippen LogP contribution in [-0.2, 0) is 7.05 Å². The predicted molar refractivity (Wildman–Crippen MR) is 133 cm³/mol. The van der Waals surface area contributed by atoms with Crippen LogP contribution < -0.4 is 15.2 Å². The van der Waals surface area contributed by atoms with Crippen molar-refractivity contribution in [2.45, 2.75) is 51.7 Å². The number of benzene rings is 1. The number of rotatable bonds is 4. The van der Waals surface area contributed by atoms with Crippen LogP contribution in [-0.4, -0.2) is 46.2 Å². The van der Waals surface area contributed by atoms with Crippen molar-refractivity contribution in [3.63, 3.8) is 0 Å². The van der Waals surface area contributed by atoms with Crippen LogP contribution in [0.25, 0.3) is 11.0 Å². The van der Waals surface area contributed by atoms with E-state index in [1.54, 1.807) is 17.7 Å². The molecular weight excluding hydrogens is 426 g/mol. The Hall–Kier alpha value is -3.37. The summed E-state index contributed by atoms with van der Waals surface area (Å²) >= 11 is 0. The highest BCUT2D eigenvalue weighted by Crippen LogP contribution is 2.41. The summed E-state index contributed by atoms with van der Waals surface area (Å²) in [5.41, 5.74) is 4.92. The second-order valence-corrected chi connectivity index (χ2v) is 9.43. The minimum absolute atomic E-state index is 0.109. The highest BCUT2D eigenvalue weighted by molar-refractivity contribution is 5.93. The van der Waals surface area contributed by atoms with Crippen molar-refractivity contribution in [2.24, 2.45) is 7.05 Å². The first-order chi connectivity index (χ1) is 16.5. The van der Waals surface area contributed by atoms with E-state index in [9.17, 15) is 10.1 Å². The summed E-state index contributed by atoms with van der Waals surface area (Å²) in [4.78, 5) is 22.7. The number of hydrogen-bond donors (Lipinski definition) is 0. The van der Waals surface area contributed by atoms with E-state index in [0.717, 1.165) is 31.6 Å². The van der Waals surface area contributed by atoms with Gasteiger partial charge in [0.1, 0.15) is 29.6 Å². The fraction of sp³-hybridized carbons (Fsp3) is 0.444. The first kappa shape index (κ1) is 22.4. The van der Waals surface area contributed by atoms with Crippen molar-refractivity contribution in [1.82, 2.24) is 14.5 Å². The van der Waals surface area contributed by atoms with Crippen LogP contribution in [0.2, 0.25) is 0 Å². The van der Waals surface area contributed by atoms with Gasteiger partial charge >= 0.3 is 0 Å². The summed E-state index contributed by atoms with van der Waals surface area (Å²) in [6, 6.07) is 15.3. The molecule has 0 amide bonds. The second-order valence-electron chi connectivity index (χ2n) is 9.43. The topological polar surface area (TPSA) is 74.4 Å². The molecule has 0 unspecified atom stereocenters. The van der Waals surface area contributed by atoms with Gasteiger partial charge in [0.05, 0.1) is 11.6 Å². The number of anilines is 1. The van der Waals surface area contributed by atoms with Gasteiger partial charge in [-0.2, -0.15) is 5.26 Å². The first-order valence-corrected chi connectivity index (χ1v) is 12.1. The van der Waals surface area contributed by atoms with Crippen LogP contribution in [0.1, 0.15) is 49.6 Å². The molecule has 1 saturated heterocycles. The minimum atomic E-state index is -0.158. The summed E-state index contributed by atoms with van der Waals surface area (Å²) < 4.78 is 7.68. The second kappa shape index (κ2) is 8.77. The minimum Gasteiger partial charge on any atom is -0.484 e. The summed E-state index contributed by atoms with van der Waals surface area (Å²) in [6.45, 7) is 8.70. The average molecular weight is 458 g/mol. The fourth-order valence-electron chi connectivity index (χ4n) is 5.59. The zero-order chi connectivity index (χ0) is 24.0. The van der Waals surface area contributed by atoms with E-state index in [1.165, 1.54) is 11.1 Å². The van der Waals surface area contributed by atoms with E-state index in [-0.39, 0.29) is 11.6 Å². The Morgan fingerprint density at radius 2 is 1.94 bits per heavy atom. The maximum absolute atomic E-state index is 13.1. The number of piperazine rings is 1. The van der Waals surface area contributed by atoms with E-state index in [4.69, 9.17) is 4.74 Å². The Labute approximate surface area is 200 Å². The Morgan fingerprint density at radius 1 is 1.18 bits per heavy atom. The standard InChI is InChI=1S/C27H31N5O2/c1-5-20-14-32-21(15-31(20)22(6-2)18-9-7-17(3)8-10-18)16-34-26-25(32)24-23(30(4)27(26)33)12-11-19(13-28)29-24/h7-12,20-22H,5-6,14-16H2,1-4H3/t20-,21+,22+/m1/s1. The number of aryl methyl sites for hydroxylation is 2. The maximum Gasteiger partial charge on any atom is 0.295 e. The van der Waals surface area contributed by atoms with Gasteiger partial charge in [-0.15, -0.1) is 0 Å². The number of fused-ring (bicyclic) bond motifs is 5. The van der Waals surface area contributed by atoms with Gasteiger partial charge in [-0.25, -0.2) is 4.98 Å². The highest BCUT2D eigenvalue weighted by atomic mass is 16.5. The molecule has 1 aromatic carbocycles. The third-order valence-electron chi connectivity index (χ3n) is 7.45. The van der Waals surface area contributed by atoms with Gasteiger partial charge in [0.2, 0.25) is 5.75 Å². The van der Waals surface area contributed by atoms with Crippen LogP contribution in [0.4, 0.5) is 5.69 Å². The van der Waals surface area contributed by atoms with Crippen LogP contribution in [0, 0.1) is 18.3 Å². The van der Waals surface area contributed by atoms with Crippen molar-refractivity contribution in [1.29, 1.82) is 5.26 Å². The molecule has 5 rings (SSSR count). The van der Waals surface area contributed by atoms with E-state index < -0.39 is 0 Å². The third kappa shape index (κ3) is 3.54. The molecule has 0 radical (unpaired) electrons. The third-order valence-corrected chi connectivity index (χ3v) is 7.45. The molecule has 4 heterocycles. The van der Waals surface area contributed by atoms with Crippen molar-refractivity contribution in [3.8, 4) is 11.8 Å². The van der Waals surface area contributed by atoms with Gasteiger partial charge < -0.3 is 14.2 Å². The molecule has 2 aliphatic heterocycles. The molecule has 0 bridgehead atoms. The Balaban J connectivity index is 1.58. The average Bonchev–Trinajstić information content (AvgIpc) is 2.87. The molecule has 0 aliphatic carbocycles. The van der Waals surface area contributed by atoms with Crippen molar-refractivity contribution in [2.75, 3.05) is 24.6 Å². The summed E-state index contributed by atoms with van der Waals surface area (Å²) in [7, 11) is 1.73. The maximum atomic E-state index is 13.1. The van der Waals surface area contributed by atoms with Crippen molar-refractivity contribution < 1.29 is 4.74 Å². The molecule has 7 nitrogen and oxygen atoms in total. The van der Waals surface area contributed by atoms with Gasteiger partial charge in [-0.1, -0.05) is 43.7 Å². The lowest BCUT2D eigenvalue weighted by Gasteiger charge is -2.51. The van der Waals surface area contributed by atoms with Crippen LogP contribution in [0.5, 0.6) is 5.75 Å². The smallest absolute Gasteiger partial charge is 0.295 e. The summed E-state index contributed by atoms with van der Waals surface area (Å²) in [6.07, 6.45) is 2.03. The van der Waals surface area contributed by atoms with Gasteiger partial charge in [-0.3, -0.25) is 9.69 Å². The first-order valence-electron chi connectivity index (χ1n) is 12.1. The fourth-order valence-corrected chi connectivity index (χ4v) is 5.59. The molecular formula is C27H31N5O2. The normalized spacial score (nSPS) is 20.9. The predicted octanol–water partition coefficient (Wildman–Crippen LogP) is 3.93. The van der Waals surface area contributed by atoms with Gasteiger partial charge in [-0.05, 0) is 37.5 Å². The number of pyridine rings is 2. The molecule has 3 atom stereocenters. The summed E-state index contributed by atoms with van der Waals surface area (Å²) in [5.74, 6) is 0.350. The number of ether oxygens (including phenoxy) is 1. The van der Waals surface area contributed by atoms with E-state index >= 15 is 0 Å². The molecule has 3 aromatic rings. The number of nitriles is 1. The van der Waals surface area contributed by atoms with Gasteiger partial charge in [0, 0.05) is 32.2 Å². The van der Waals surface area contributed by atoms with E-state index in [1.807, 2.05) is 6.07 Å². The van der Waals surface area contributed by atoms with Crippen LogP contribution in [0.15, 0.2) is 41.2 Å². The zero-order valence-corrected chi connectivity index (χ0v) is 20.3.